The fraction of sp³-hybridized carbons (Fsp3) is 0.250. The van der Waals surface area contributed by atoms with E-state index in [0.29, 0.717) is 0 Å². The van der Waals surface area contributed by atoms with Gasteiger partial charge in [0.15, 0.2) is 0 Å². The van der Waals surface area contributed by atoms with Crippen LogP contribution in [0.15, 0.2) is 350 Å². The zero-order valence-electron chi connectivity index (χ0n) is 72.9. The van der Waals surface area contributed by atoms with Crippen LogP contribution in [0.1, 0.15) is 0 Å². The maximum absolute atomic E-state index is 5.72. The molecule has 12 aromatic carbocycles. The Balaban J connectivity index is -0.000000343. The minimum absolute atomic E-state index is 0. The number of halogens is 12. The van der Waals surface area contributed by atoms with Gasteiger partial charge in [0.1, 0.15) is 0 Å². The van der Waals surface area contributed by atoms with Gasteiger partial charge >= 0.3 is 98.9 Å². The van der Waals surface area contributed by atoms with Crippen LogP contribution in [0.25, 0.3) is 0 Å². The molecule has 138 heavy (non-hydrogen) atoms. The van der Waals surface area contributed by atoms with Crippen LogP contribution >= 0.6 is 280 Å². The molecule has 0 aliphatic carbocycles. The van der Waals surface area contributed by atoms with Gasteiger partial charge in [0.05, 0.1) is 0 Å². The Labute approximate surface area is 1060 Å². The van der Waals surface area contributed by atoms with Crippen molar-refractivity contribution in [2.45, 2.75) is 58.7 Å². The van der Waals surface area contributed by atoms with Gasteiger partial charge in [0.2, 0.25) is 0 Å². The van der Waals surface area contributed by atoms with E-state index in [9.17, 15) is 0 Å². The summed E-state index contributed by atoms with van der Waals surface area (Å²) < 4.78 is 0. The summed E-state index contributed by atoms with van der Waals surface area (Å²) >= 11 is 148. The molecule has 0 saturated carbocycles. The number of hydrogen-bond acceptors (Lipinski definition) is 24. The summed E-state index contributed by atoms with van der Waals surface area (Å²) in [6, 6.07) is 93.8. The summed E-state index contributed by atoms with van der Waals surface area (Å²) in [6.45, 7) is 0. The van der Waals surface area contributed by atoms with Gasteiger partial charge in [0.25, 0.3) is 0 Å². The standard InChI is InChI=1S/12C8H9ClS2.6Ni/c12*9-7-1-3-8(4-2-7)11-6-5-10;;;;;;/h12*1-4,10H,5-6H2;;;;;;/q;;;;;;;;;;;;6*+2/p-12. The molecule has 0 amide bonds. The minimum atomic E-state index is 0. The fourth-order valence-corrected chi connectivity index (χ4v) is 20.6. The third kappa shape index (κ3) is 92.8. The number of rotatable bonds is 36. The van der Waals surface area contributed by atoms with Crippen molar-refractivity contribution in [2.24, 2.45) is 0 Å². The molecular formula is C96H96Cl12Ni6S24. The van der Waals surface area contributed by atoms with E-state index in [2.05, 4.69) is 0 Å². The largest absolute Gasteiger partial charge is 2.00 e. The van der Waals surface area contributed by atoms with Crippen LogP contribution in [0.2, 0.25) is 60.3 Å². The summed E-state index contributed by atoms with van der Waals surface area (Å²) in [4.78, 5) is 14.8. The molecule has 0 nitrogen and oxygen atoms in total. The van der Waals surface area contributed by atoms with Crippen LogP contribution < -0.4 is 0 Å². The van der Waals surface area contributed by atoms with Gasteiger partial charge in [-0.15, -0.1) is 141 Å². The Morgan fingerprint density at radius 2 is 0.159 bits per heavy atom. The van der Waals surface area contributed by atoms with Crippen molar-refractivity contribution in [1.29, 1.82) is 0 Å². The smallest absolute Gasteiger partial charge is 0.792 e. The summed E-state index contributed by atoms with van der Waals surface area (Å²) in [5.74, 6) is 21.6. The zero-order valence-corrected chi connectivity index (χ0v) is 108. The van der Waals surface area contributed by atoms with E-state index < -0.39 is 0 Å². The first kappa shape index (κ1) is 154. The Kier molecular flexibility index (Phi) is 122. The quantitative estimate of drug-likeness (QED) is 0.0208. The maximum Gasteiger partial charge on any atom is 2.00 e. The summed E-state index contributed by atoms with van der Waals surface area (Å²) in [5, 5.41) is 9.42. The fourth-order valence-electron chi connectivity index (χ4n) is 8.28. The van der Waals surface area contributed by atoms with E-state index in [1.807, 2.05) is 291 Å². The molecule has 0 spiro atoms. The topological polar surface area (TPSA) is 0 Å². The molecule has 0 aliphatic rings. The third-order valence-electron chi connectivity index (χ3n) is 14.0. The van der Waals surface area contributed by atoms with Crippen molar-refractivity contribution in [3.05, 3.63) is 351 Å². The van der Waals surface area contributed by atoms with Crippen molar-refractivity contribution in [1.82, 2.24) is 0 Å². The minimum Gasteiger partial charge on any atom is -0.792 e. The molecule has 0 fully saturated rings. The van der Waals surface area contributed by atoms with Gasteiger partial charge in [-0.05, 0) is 360 Å². The molecule has 0 atom stereocenters. The van der Waals surface area contributed by atoms with Gasteiger partial charge < -0.3 is 152 Å². The second-order valence-electron chi connectivity index (χ2n) is 24.1. The summed E-state index contributed by atoms with van der Waals surface area (Å²) in [5.41, 5.74) is 0. The molecule has 0 saturated heterocycles. The van der Waals surface area contributed by atoms with E-state index in [4.69, 9.17) is 291 Å². The first-order valence-electron chi connectivity index (χ1n) is 39.5. The number of thioether (sulfide) groups is 12. The normalized spacial score (nSPS) is 9.57. The van der Waals surface area contributed by atoms with Crippen LogP contribution in [-0.2, 0) is 250 Å². The predicted octanol–water partition coefficient (Wildman–Crippen LogP) is 35.7. The van der Waals surface area contributed by atoms with Crippen LogP contribution in [0.4, 0.5) is 0 Å². The second kappa shape index (κ2) is 109. The average molecular weight is 2800 g/mol. The van der Waals surface area contributed by atoms with Crippen molar-refractivity contribution < 1.29 is 98.9 Å². The second-order valence-corrected chi connectivity index (χ2v) is 48.2. The third-order valence-corrected chi connectivity index (χ3v) is 34.7. The van der Waals surface area contributed by atoms with Crippen LogP contribution in [0.5, 0.6) is 0 Å². The summed E-state index contributed by atoms with van der Waals surface area (Å²) in [7, 11) is 0. The molecule has 0 radical (unpaired) electrons. The number of hydrogen-bond donors (Lipinski definition) is 0. The zero-order chi connectivity index (χ0) is 97.3. The predicted molar refractivity (Wildman–Crippen MR) is 653 cm³/mol. The molecule has 768 valence electrons. The van der Waals surface area contributed by atoms with Gasteiger partial charge in [-0.25, -0.2) is 0 Å². The van der Waals surface area contributed by atoms with Crippen molar-refractivity contribution >= 4 is 432 Å². The molecule has 0 aromatic heterocycles. The molecule has 0 N–H and O–H groups in total. The monoisotopic (exact) mass is 2780 g/mol. The van der Waals surface area contributed by atoms with Crippen molar-refractivity contribution in [2.75, 3.05) is 138 Å². The van der Waals surface area contributed by atoms with Crippen LogP contribution in [-0.4, -0.2) is 138 Å². The van der Waals surface area contributed by atoms with Gasteiger partial charge in [-0.3, -0.25) is 0 Å². The average Bonchev–Trinajstić information content (AvgIpc) is 1.02. The maximum atomic E-state index is 5.72. The number of benzene rings is 12. The molecule has 0 heterocycles. The van der Waals surface area contributed by atoms with E-state index in [1.165, 1.54) is 58.7 Å². The van der Waals surface area contributed by atoms with E-state index in [-0.39, 0.29) is 98.9 Å². The molecule has 42 heteroatoms. The summed E-state index contributed by atoms with van der Waals surface area (Å²) in [6.07, 6.45) is 0. The molecule has 12 aromatic rings. The van der Waals surface area contributed by atoms with Gasteiger partial charge in [-0.1, -0.05) is 139 Å². The molecular weight excluding hydrogens is 2700 g/mol. The van der Waals surface area contributed by atoms with Crippen molar-refractivity contribution in [3.8, 4) is 0 Å². The van der Waals surface area contributed by atoms with E-state index in [0.717, 1.165) is 198 Å². The van der Waals surface area contributed by atoms with Crippen LogP contribution in [0.3, 0.4) is 0 Å². The van der Waals surface area contributed by atoms with Gasteiger partial charge in [0, 0.05) is 119 Å². The first-order chi connectivity index (χ1) is 63.9. The molecule has 0 bridgehead atoms. The van der Waals surface area contributed by atoms with Crippen LogP contribution in [0, 0.1) is 0 Å². The first-order valence-corrected chi connectivity index (χ1v) is 62.8. The van der Waals surface area contributed by atoms with Gasteiger partial charge in [-0.2, -0.15) is 69.0 Å². The SMILES string of the molecule is [Ni+2].[Ni+2].[Ni+2].[Ni+2].[Ni+2].[Ni+2].[S-]CCSc1ccc(Cl)cc1.[S-]CCSc1ccc(Cl)cc1.[S-]CCSc1ccc(Cl)cc1.[S-]CCSc1ccc(Cl)cc1.[S-]CCSc1ccc(Cl)cc1.[S-]CCSc1ccc(Cl)cc1.[S-]CCSc1ccc(Cl)cc1.[S-]CCSc1ccc(Cl)cc1.[S-]CCSc1ccc(Cl)cc1.[S-]CCSc1ccc(Cl)cc1.[S-]CCSc1ccc(Cl)cc1.[S-]CCSc1ccc(Cl)cc1. The van der Waals surface area contributed by atoms with E-state index in [1.54, 1.807) is 141 Å². The van der Waals surface area contributed by atoms with E-state index >= 15 is 0 Å². The molecule has 12 rings (SSSR count). The Hall–Kier alpha value is 5.48. The Morgan fingerprint density at radius 1 is 0.109 bits per heavy atom. The molecule has 0 unspecified atom stereocenters. The Bertz CT molecular complexity index is 3590. The van der Waals surface area contributed by atoms with Crippen molar-refractivity contribution in [3.63, 3.8) is 0 Å². The molecule has 0 aliphatic heterocycles. The Morgan fingerprint density at radius 3 is 0.203 bits per heavy atom.